The van der Waals surface area contributed by atoms with Crippen LogP contribution in [0.4, 0.5) is 0 Å². The summed E-state index contributed by atoms with van der Waals surface area (Å²) < 4.78 is 7.32. The van der Waals surface area contributed by atoms with E-state index in [0.717, 1.165) is 34.7 Å². The van der Waals surface area contributed by atoms with Gasteiger partial charge >= 0.3 is 0 Å². The number of halogens is 2. The lowest BCUT2D eigenvalue weighted by atomic mass is 10.1. The van der Waals surface area contributed by atoms with Gasteiger partial charge in [0, 0.05) is 21.9 Å². The van der Waals surface area contributed by atoms with E-state index in [0.29, 0.717) is 33.9 Å². The first-order chi connectivity index (χ1) is 14.0. The van der Waals surface area contributed by atoms with Gasteiger partial charge in [-0.15, -0.1) is 11.3 Å². The highest BCUT2D eigenvalue weighted by Crippen LogP contribution is 2.38. The molecule has 5 nitrogen and oxygen atoms in total. The van der Waals surface area contributed by atoms with Crippen LogP contribution in [0.15, 0.2) is 34.9 Å². The molecule has 0 atom stereocenters. The molecule has 150 valence electrons. The summed E-state index contributed by atoms with van der Waals surface area (Å²) in [6, 6.07) is 9.70. The Kier molecular flexibility index (Phi) is 5.76. The van der Waals surface area contributed by atoms with E-state index < -0.39 is 0 Å². The highest BCUT2D eigenvalue weighted by atomic mass is 35.5. The van der Waals surface area contributed by atoms with Gasteiger partial charge in [0.1, 0.15) is 0 Å². The number of aryl methyl sites for hydroxylation is 2. The maximum absolute atomic E-state index is 6.52. The summed E-state index contributed by atoms with van der Waals surface area (Å²) in [7, 11) is 0. The van der Waals surface area contributed by atoms with Crippen molar-refractivity contribution in [3.63, 3.8) is 0 Å². The van der Waals surface area contributed by atoms with Crippen molar-refractivity contribution in [2.75, 3.05) is 0 Å². The van der Waals surface area contributed by atoms with Crippen LogP contribution in [0.5, 0.6) is 0 Å². The fourth-order valence-electron chi connectivity index (χ4n) is 3.20. The summed E-state index contributed by atoms with van der Waals surface area (Å²) in [5, 5.41) is 9.94. The fraction of sp³-hybridized carbons (Fsp3) is 0.286. The van der Waals surface area contributed by atoms with E-state index in [-0.39, 0.29) is 0 Å². The van der Waals surface area contributed by atoms with E-state index in [1.807, 2.05) is 30.7 Å². The van der Waals surface area contributed by atoms with Crippen molar-refractivity contribution >= 4 is 34.5 Å². The number of aromatic nitrogens is 4. The Balaban J connectivity index is 1.93. The van der Waals surface area contributed by atoms with Crippen molar-refractivity contribution in [3.8, 4) is 27.8 Å². The number of thiophene rings is 1. The van der Waals surface area contributed by atoms with Gasteiger partial charge in [-0.25, -0.2) is 4.68 Å². The normalized spacial score (nSPS) is 11.3. The van der Waals surface area contributed by atoms with Crippen molar-refractivity contribution in [3.05, 3.63) is 56.6 Å². The Labute approximate surface area is 183 Å². The first kappa shape index (κ1) is 20.1. The van der Waals surface area contributed by atoms with Crippen LogP contribution in [-0.2, 0) is 12.8 Å². The Bertz CT molecular complexity index is 1160. The van der Waals surface area contributed by atoms with Crippen molar-refractivity contribution in [1.29, 1.82) is 0 Å². The molecule has 0 bridgehead atoms. The van der Waals surface area contributed by atoms with E-state index in [1.165, 1.54) is 4.88 Å². The lowest BCUT2D eigenvalue weighted by Crippen LogP contribution is -2.00. The van der Waals surface area contributed by atoms with Crippen LogP contribution < -0.4 is 0 Å². The maximum Gasteiger partial charge on any atom is 0.278 e. The third-order valence-electron chi connectivity index (χ3n) is 4.64. The molecule has 0 aliphatic heterocycles. The zero-order valence-corrected chi connectivity index (χ0v) is 18.7. The summed E-state index contributed by atoms with van der Waals surface area (Å²) >= 11 is 14.4. The number of benzene rings is 1. The van der Waals surface area contributed by atoms with Gasteiger partial charge in [0.05, 0.1) is 21.3 Å². The predicted molar refractivity (Wildman–Crippen MR) is 118 cm³/mol. The predicted octanol–water partition coefficient (Wildman–Crippen LogP) is 6.78. The maximum atomic E-state index is 6.52. The highest BCUT2D eigenvalue weighted by molar-refractivity contribution is 7.15. The number of hydrogen-bond acceptors (Lipinski definition) is 5. The molecule has 4 rings (SSSR count). The summed E-state index contributed by atoms with van der Waals surface area (Å²) in [5.74, 6) is 1.07. The van der Waals surface area contributed by atoms with E-state index in [4.69, 9.17) is 32.8 Å². The Morgan fingerprint density at radius 1 is 1.14 bits per heavy atom. The highest BCUT2D eigenvalue weighted by Gasteiger charge is 2.24. The Hall–Kier alpha value is -2.15. The van der Waals surface area contributed by atoms with Crippen LogP contribution in [-0.4, -0.2) is 19.9 Å². The Morgan fingerprint density at radius 3 is 2.66 bits per heavy atom. The SMILES string of the molecule is CCCc1ccc(-c2c(C)c(-c3nc(CC)no3)nn2-c2ccc(Cl)cc2Cl)s1. The van der Waals surface area contributed by atoms with Crippen LogP contribution in [0.2, 0.25) is 10.0 Å². The average molecular weight is 447 g/mol. The minimum atomic E-state index is 0.412. The molecule has 4 aromatic rings. The van der Waals surface area contributed by atoms with Crippen LogP contribution in [0, 0.1) is 6.92 Å². The zero-order valence-electron chi connectivity index (χ0n) is 16.4. The van der Waals surface area contributed by atoms with Crippen molar-refractivity contribution in [2.45, 2.75) is 40.0 Å². The van der Waals surface area contributed by atoms with E-state index in [1.54, 1.807) is 17.4 Å². The second-order valence-electron chi connectivity index (χ2n) is 6.72. The molecular formula is C21H20Cl2N4OS. The summed E-state index contributed by atoms with van der Waals surface area (Å²) in [5.41, 5.74) is 3.34. The van der Waals surface area contributed by atoms with E-state index in [9.17, 15) is 0 Å². The average Bonchev–Trinajstić information content (AvgIpc) is 3.41. The van der Waals surface area contributed by atoms with Gasteiger partial charge < -0.3 is 4.52 Å². The molecule has 29 heavy (non-hydrogen) atoms. The Morgan fingerprint density at radius 2 is 1.97 bits per heavy atom. The molecule has 0 radical (unpaired) electrons. The molecule has 8 heteroatoms. The molecule has 0 unspecified atom stereocenters. The molecule has 0 amide bonds. The van der Waals surface area contributed by atoms with Gasteiger partial charge in [0.15, 0.2) is 11.5 Å². The van der Waals surface area contributed by atoms with Crippen molar-refractivity contribution in [2.24, 2.45) is 0 Å². The quantitative estimate of drug-likeness (QED) is 0.327. The lowest BCUT2D eigenvalue weighted by Gasteiger charge is -2.09. The molecule has 0 saturated carbocycles. The summed E-state index contributed by atoms with van der Waals surface area (Å²) in [6.45, 7) is 6.19. The fourth-order valence-corrected chi connectivity index (χ4v) is 4.88. The largest absolute Gasteiger partial charge is 0.332 e. The minimum absolute atomic E-state index is 0.412. The van der Waals surface area contributed by atoms with Gasteiger partial charge in [-0.05, 0) is 43.7 Å². The van der Waals surface area contributed by atoms with Gasteiger partial charge in [-0.3, -0.25) is 0 Å². The second kappa shape index (κ2) is 8.30. The monoisotopic (exact) mass is 446 g/mol. The summed E-state index contributed by atoms with van der Waals surface area (Å²) in [6.07, 6.45) is 2.86. The standard InChI is InChI=1S/C21H20Cl2N4OS/c1-4-6-14-8-10-17(29-14)20-12(3)19(21-24-18(5-2)26-28-21)25-27(20)16-9-7-13(22)11-15(16)23/h7-11H,4-6H2,1-3H3. The molecule has 3 heterocycles. The van der Waals surface area contributed by atoms with Crippen LogP contribution in [0.3, 0.4) is 0 Å². The molecule has 0 saturated heterocycles. The second-order valence-corrected chi connectivity index (χ2v) is 8.73. The van der Waals surface area contributed by atoms with Crippen molar-refractivity contribution < 1.29 is 4.52 Å². The minimum Gasteiger partial charge on any atom is -0.332 e. The zero-order chi connectivity index (χ0) is 20.5. The molecular weight excluding hydrogens is 427 g/mol. The first-order valence-electron chi connectivity index (χ1n) is 9.48. The first-order valence-corrected chi connectivity index (χ1v) is 11.1. The summed E-state index contributed by atoms with van der Waals surface area (Å²) in [4.78, 5) is 6.92. The van der Waals surface area contributed by atoms with Crippen LogP contribution in [0.1, 0.15) is 36.5 Å². The third-order valence-corrected chi connectivity index (χ3v) is 6.33. The van der Waals surface area contributed by atoms with Gasteiger partial charge in [0.25, 0.3) is 5.89 Å². The van der Waals surface area contributed by atoms with Crippen LogP contribution >= 0.6 is 34.5 Å². The smallest absolute Gasteiger partial charge is 0.278 e. The van der Waals surface area contributed by atoms with Gasteiger partial charge in [0.2, 0.25) is 0 Å². The molecule has 3 aromatic heterocycles. The third kappa shape index (κ3) is 3.84. The number of nitrogens with zero attached hydrogens (tertiary/aromatic N) is 4. The molecule has 0 spiro atoms. The van der Waals surface area contributed by atoms with Gasteiger partial charge in [-0.1, -0.05) is 48.6 Å². The molecule has 0 N–H and O–H groups in total. The number of rotatable bonds is 6. The van der Waals surface area contributed by atoms with E-state index >= 15 is 0 Å². The van der Waals surface area contributed by atoms with Crippen molar-refractivity contribution in [1.82, 2.24) is 19.9 Å². The molecule has 0 aliphatic carbocycles. The molecule has 0 aliphatic rings. The van der Waals surface area contributed by atoms with Gasteiger partial charge in [-0.2, -0.15) is 10.1 Å². The molecule has 1 aromatic carbocycles. The van der Waals surface area contributed by atoms with Crippen LogP contribution in [0.25, 0.3) is 27.8 Å². The molecule has 0 fully saturated rings. The lowest BCUT2D eigenvalue weighted by molar-refractivity contribution is 0.421. The topological polar surface area (TPSA) is 56.7 Å². The number of hydrogen-bond donors (Lipinski definition) is 0. The van der Waals surface area contributed by atoms with E-state index in [2.05, 4.69) is 29.2 Å².